The minimum absolute atomic E-state index is 0.0615. The molecule has 1 aliphatic carbocycles. The summed E-state index contributed by atoms with van der Waals surface area (Å²) in [6, 6.07) is 8.72. The average molecular weight is 354 g/mol. The van der Waals surface area contributed by atoms with Gasteiger partial charge in [-0.1, -0.05) is 12.1 Å². The van der Waals surface area contributed by atoms with E-state index in [1.807, 2.05) is 12.1 Å². The minimum Gasteiger partial charge on any atom is -0.507 e. The second kappa shape index (κ2) is 7.60. The lowest BCUT2D eigenvalue weighted by Crippen LogP contribution is -2.09. The number of carbonyl (C=O) groups is 2. The molecule has 0 radical (unpaired) electrons. The molecule has 0 spiro atoms. The summed E-state index contributed by atoms with van der Waals surface area (Å²) < 4.78 is 10.1. The molecule has 136 valence electrons. The zero-order valence-electron chi connectivity index (χ0n) is 15.0. The quantitative estimate of drug-likeness (QED) is 0.825. The number of carbonyl (C=O) groups excluding carboxylic acids is 2. The van der Waals surface area contributed by atoms with E-state index in [2.05, 4.69) is 0 Å². The smallest absolute Gasteiger partial charge is 0.342 e. The molecule has 0 heterocycles. The molecule has 0 saturated heterocycles. The molecule has 0 fully saturated rings. The molecule has 1 aliphatic rings. The Bertz CT molecular complexity index is 836. The monoisotopic (exact) mass is 354 g/mol. The number of fused-ring (bicyclic) bond motifs is 1. The van der Waals surface area contributed by atoms with Crippen molar-refractivity contribution in [3.05, 3.63) is 52.6 Å². The van der Waals surface area contributed by atoms with Crippen LogP contribution in [0.2, 0.25) is 0 Å². The van der Waals surface area contributed by atoms with E-state index in [1.54, 1.807) is 32.0 Å². The van der Waals surface area contributed by atoms with Gasteiger partial charge in [-0.15, -0.1) is 0 Å². The maximum Gasteiger partial charge on any atom is 0.342 e. The molecule has 5 heteroatoms. The van der Waals surface area contributed by atoms with Gasteiger partial charge in [0.15, 0.2) is 0 Å². The van der Waals surface area contributed by atoms with Crippen molar-refractivity contribution in [3.63, 3.8) is 0 Å². The highest BCUT2D eigenvalue weighted by Gasteiger charge is 2.27. The fraction of sp³-hybridized carbons (Fsp3) is 0.333. The van der Waals surface area contributed by atoms with Gasteiger partial charge >= 0.3 is 11.9 Å². The Morgan fingerprint density at radius 1 is 0.962 bits per heavy atom. The lowest BCUT2D eigenvalue weighted by Gasteiger charge is -2.15. The van der Waals surface area contributed by atoms with Gasteiger partial charge in [-0.25, -0.2) is 9.59 Å². The number of hydrogen-bond acceptors (Lipinski definition) is 5. The second-order valence-electron chi connectivity index (χ2n) is 6.15. The highest BCUT2D eigenvalue weighted by Crippen LogP contribution is 2.39. The maximum absolute atomic E-state index is 12.2. The van der Waals surface area contributed by atoms with Gasteiger partial charge < -0.3 is 14.6 Å². The van der Waals surface area contributed by atoms with Gasteiger partial charge in [0.1, 0.15) is 11.3 Å². The van der Waals surface area contributed by atoms with E-state index in [4.69, 9.17) is 9.47 Å². The number of phenols is 1. The summed E-state index contributed by atoms with van der Waals surface area (Å²) in [5.74, 6) is -0.897. The van der Waals surface area contributed by atoms with Crippen molar-refractivity contribution >= 4 is 11.9 Å². The Balaban J connectivity index is 2.02. The molecule has 2 aromatic rings. The van der Waals surface area contributed by atoms with E-state index < -0.39 is 5.97 Å². The van der Waals surface area contributed by atoms with Crippen LogP contribution < -0.4 is 0 Å². The number of ether oxygens (including phenoxy) is 2. The minimum atomic E-state index is -0.479. The fourth-order valence-electron chi connectivity index (χ4n) is 3.46. The number of esters is 2. The Labute approximate surface area is 152 Å². The second-order valence-corrected chi connectivity index (χ2v) is 6.15. The van der Waals surface area contributed by atoms with Crippen molar-refractivity contribution in [2.75, 3.05) is 13.2 Å². The van der Waals surface area contributed by atoms with E-state index in [9.17, 15) is 14.7 Å². The van der Waals surface area contributed by atoms with Gasteiger partial charge in [-0.2, -0.15) is 0 Å². The van der Waals surface area contributed by atoms with Gasteiger partial charge in [0, 0.05) is 0 Å². The molecule has 0 aliphatic heterocycles. The molecule has 0 unspecified atom stereocenters. The number of rotatable bonds is 5. The fourth-order valence-corrected chi connectivity index (χ4v) is 3.46. The molecule has 0 amide bonds. The van der Waals surface area contributed by atoms with Crippen molar-refractivity contribution in [3.8, 4) is 16.9 Å². The average Bonchev–Trinajstić information content (AvgIpc) is 3.10. The molecule has 0 atom stereocenters. The number of phenolic OH excluding ortho intramolecular Hbond substituents is 1. The van der Waals surface area contributed by atoms with Crippen LogP contribution in [0.5, 0.6) is 5.75 Å². The van der Waals surface area contributed by atoms with Crippen LogP contribution in [0, 0.1) is 0 Å². The number of aromatic hydroxyl groups is 1. The first-order chi connectivity index (χ1) is 12.6. The van der Waals surface area contributed by atoms with Crippen molar-refractivity contribution in [2.24, 2.45) is 0 Å². The van der Waals surface area contributed by atoms with E-state index >= 15 is 0 Å². The Kier molecular flexibility index (Phi) is 5.26. The third-order valence-electron chi connectivity index (χ3n) is 4.57. The van der Waals surface area contributed by atoms with Gasteiger partial charge in [-0.05, 0) is 73.6 Å². The predicted octanol–water partition coefficient (Wildman–Crippen LogP) is 3.90. The molecular weight excluding hydrogens is 332 g/mol. The summed E-state index contributed by atoms with van der Waals surface area (Å²) in [6.07, 6.45) is 2.52. The largest absolute Gasteiger partial charge is 0.507 e. The molecule has 0 saturated carbocycles. The number of benzene rings is 2. The van der Waals surface area contributed by atoms with E-state index in [1.165, 1.54) is 0 Å². The molecule has 2 aromatic carbocycles. The summed E-state index contributed by atoms with van der Waals surface area (Å²) in [6.45, 7) is 4.11. The van der Waals surface area contributed by atoms with E-state index in [0.717, 1.165) is 41.5 Å². The lowest BCUT2D eigenvalue weighted by molar-refractivity contribution is 0.0514. The molecule has 0 aromatic heterocycles. The maximum atomic E-state index is 12.2. The van der Waals surface area contributed by atoms with Gasteiger partial charge in [0.2, 0.25) is 0 Å². The third-order valence-corrected chi connectivity index (χ3v) is 4.57. The standard InChI is InChI=1S/C21H22O5/c1-3-25-20(23)14-10-8-13(9-11-14)17-12-18(22)19(21(24)26-4-2)16-7-5-6-15(16)17/h8-12,22H,3-7H2,1-2H3. The zero-order chi connectivity index (χ0) is 18.7. The molecule has 5 nitrogen and oxygen atoms in total. The normalized spacial score (nSPS) is 12.5. The van der Waals surface area contributed by atoms with Gasteiger partial charge in [0.05, 0.1) is 18.8 Å². The summed E-state index contributed by atoms with van der Waals surface area (Å²) in [5, 5.41) is 10.5. The zero-order valence-corrected chi connectivity index (χ0v) is 15.0. The van der Waals surface area contributed by atoms with Crippen molar-refractivity contribution in [1.29, 1.82) is 0 Å². The van der Waals surface area contributed by atoms with Crippen molar-refractivity contribution in [2.45, 2.75) is 33.1 Å². The highest BCUT2D eigenvalue weighted by atomic mass is 16.5. The lowest BCUT2D eigenvalue weighted by atomic mass is 9.92. The summed E-state index contributed by atoms with van der Waals surface area (Å²) in [7, 11) is 0. The van der Waals surface area contributed by atoms with Crippen LogP contribution in [0.15, 0.2) is 30.3 Å². The highest BCUT2D eigenvalue weighted by molar-refractivity contribution is 5.96. The molecule has 26 heavy (non-hydrogen) atoms. The van der Waals surface area contributed by atoms with Gasteiger partial charge in [-0.3, -0.25) is 0 Å². The van der Waals surface area contributed by atoms with Crippen molar-refractivity contribution < 1.29 is 24.2 Å². The van der Waals surface area contributed by atoms with Crippen LogP contribution in [-0.4, -0.2) is 30.3 Å². The topological polar surface area (TPSA) is 72.8 Å². The van der Waals surface area contributed by atoms with Crippen LogP contribution in [0.25, 0.3) is 11.1 Å². The Hall–Kier alpha value is -2.82. The molecular formula is C21H22O5. The van der Waals surface area contributed by atoms with Crippen LogP contribution in [0.3, 0.4) is 0 Å². The Morgan fingerprint density at radius 2 is 1.58 bits per heavy atom. The van der Waals surface area contributed by atoms with Crippen LogP contribution >= 0.6 is 0 Å². The first kappa shape index (κ1) is 18.0. The third kappa shape index (κ3) is 3.29. The van der Waals surface area contributed by atoms with Crippen LogP contribution in [0.4, 0.5) is 0 Å². The van der Waals surface area contributed by atoms with Crippen molar-refractivity contribution in [1.82, 2.24) is 0 Å². The summed E-state index contributed by atoms with van der Waals surface area (Å²) >= 11 is 0. The number of hydrogen-bond donors (Lipinski definition) is 1. The summed E-state index contributed by atoms with van der Waals surface area (Å²) in [5.41, 5.74) is 4.48. The first-order valence-electron chi connectivity index (χ1n) is 8.89. The van der Waals surface area contributed by atoms with E-state index in [-0.39, 0.29) is 23.9 Å². The molecule has 0 bridgehead atoms. The first-order valence-corrected chi connectivity index (χ1v) is 8.89. The van der Waals surface area contributed by atoms with Gasteiger partial charge in [0.25, 0.3) is 0 Å². The predicted molar refractivity (Wildman–Crippen MR) is 97.5 cm³/mol. The summed E-state index contributed by atoms with van der Waals surface area (Å²) in [4.78, 5) is 24.0. The SMILES string of the molecule is CCOC(=O)c1ccc(-c2cc(O)c(C(=O)OCC)c3c2CCC3)cc1. The van der Waals surface area contributed by atoms with Crippen LogP contribution in [-0.2, 0) is 22.3 Å². The molecule has 3 rings (SSSR count). The van der Waals surface area contributed by atoms with Crippen LogP contribution in [0.1, 0.15) is 52.1 Å². The van der Waals surface area contributed by atoms with E-state index in [0.29, 0.717) is 12.2 Å². The molecule has 1 N–H and O–H groups in total. The Morgan fingerprint density at radius 3 is 2.23 bits per heavy atom.